The maximum absolute atomic E-state index is 5.50. The number of hydrogen-bond donors (Lipinski definition) is 1. The predicted octanol–water partition coefficient (Wildman–Crippen LogP) is 3.71. The van der Waals surface area contributed by atoms with Crippen molar-refractivity contribution in [2.24, 2.45) is 4.99 Å². The van der Waals surface area contributed by atoms with Gasteiger partial charge in [-0.1, -0.05) is 12.1 Å². The lowest BCUT2D eigenvalue weighted by molar-refractivity contribution is 0.382. The van der Waals surface area contributed by atoms with Crippen molar-refractivity contribution < 1.29 is 9.47 Å². The average Bonchev–Trinajstić information content (AvgIpc) is 3.29. The lowest BCUT2D eigenvalue weighted by atomic mass is 10.2. The summed E-state index contributed by atoms with van der Waals surface area (Å²) in [5.41, 5.74) is 3.23. The van der Waals surface area contributed by atoms with E-state index in [1.54, 1.807) is 27.5 Å². The van der Waals surface area contributed by atoms with Gasteiger partial charge in [0.1, 0.15) is 11.5 Å². The molecule has 2 aromatic carbocycles. The second-order valence-electron chi connectivity index (χ2n) is 6.56. The Kier molecular flexibility index (Phi) is 8.97. The lowest BCUT2D eigenvalue weighted by Crippen LogP contribution is -2.38. The van der Waals surface area contributed by atoms with Crippen LogP contribution in [0.1, 0.15) is 11.1 Å². The predicted molar refractivity (Wildman–Crippen MR) is 130 cm³/mol. The highest BCUT2D eigenvalue weighted by Gasteiger charge is 2.11. The van der Waals surface area contributed by atoms with Gasteiger partial charge in [0, 0.05) is 51.2 Å². The summed E-state index contributed by atoms with van der Waals surface area (Å²) < 4.78 is 12.6. The van der Waals surface area contributed by atoms with Crippen molar-refractivity contribution in [2.75, 3.05) is 28.3 Å². The smallest absolute Gasteiger partial charge is 0.193 e. The van der Waals surface area contributed by atoms with Crippen molar-refractivity contribution >= 4 is 29.9 Å². The number of guanidine groups is 1. The molecule has 0 saturated carbocycles. The van der Waals surface area contributed by atoms with Crippen LogP contribution in [-0.4, -0.2) is 49.0 Å². The third kappa shape index (κ3) is 5.88. The molecule has 0 aliphatic heterocycles. The third-order valence-electron chi connectivity index (χ3n) is 4.61. The number of aromatic nitrogens is 2. The molecule has 0 saturated heterocycles. The molecule has 3 aromatic rings. The molecule has 0 unspecified atom stereocenters. The highest BCUT2D eigenvalue weighted by Crippen LogP contribution is 2.25. The Hall–Kier alpha value is -2.75. The average molecular weight is 521 g/mol. The van der Waals surface area contributed by atoms with E-state index in [0.717, 1.165) is 34.3 Å². The first-order valence-corrected chi connectivity index (χ1v) is 9.36. The normalized spacial score (nSPS) is 10.9. The number of methoxy groups -OCH3 is 2. The van der Waals surface area contributed by atoms with Gasteiger partial charge in [-0.25, -0.2) is 4.68 Å². The summed E-state index contributed by atoms with van der Waals surface area (Å²) in [6, 6.07) is 16.0. The van der Waals surface area contributed by atoms with Gasteiger partial charge in [-0.3, -0.25) is 4.99 Å². The molecular weight excluding hydrogens is 493 g/mol. The molecule has 160 valence electrons. The molecule has 1 aromatic heterocycles. The quantitative estimate of drug-likeness (QED) is 0.292. The van der Waals surface area contributed by atoms with E-state index in [9.17, 15) is 0 Å². The van der Waals surface area contributed by atoms with Gasteiger partial charge in [-0.2, -0.15) is 5.10 Å². The number of hydrogen-bond acceptors (Lipinski definition) is 4. The Morgan fingerprint density at radius 2 is 1.97 bits per heavy atom. The number of nitrogens with zero attached hydrogens (tertiary/aromatic N) is 4. The van der Waals surface area contributed by atoms with E-state index in [4.69, 9.17) is 9.47 Å². The lowest BCUT2D eigenvalue weighted by Gasteiger charge is -2.23. The number of aliphatic imine (C=N–C) groups is 1. The van der Waals surface area contributed by atoms with Gasteiger partial charge in [0.25, 0.3) is 0 Å². The summed E-state index contributed by atoms with van der Waals surface area (Å²) in [6.45, 7) is 1.31. The Balaban J connectivity index is 0.00000320. The van der Waals surface area contributed by atoms with E-state index in [2.05, 4.69) is 32.4 Å². The van der Waals surface area contributed by atoms with Crippen molar-refractivity contribution in [3.8, 4) is 17.2 Å². The van der Waals surface area contributed by atoms with E-state index in [1.165, 1.54) is 0 Å². The minimum absolute atomic E-state index is 0. The van der Waals surface area contributed by atoms with Crippen LogP contribution in [0.2, 0.25) is 0 Å². The molecule has 0 fully saturated rings. The van der Waals surface area contributed by atoms with Gasteiger partial charge >= 0.3 is 0 Å². The van der Waals surface area contributed by atoms with Crippen LogP contribution in [0.4, 0.5) is 0 Å². The van der Waals surface area contributed by atoms with Crippen LogP contribution >= 0.6 is 24.0 Å². The Labute approximate surface area is 194 Å². The van der Waals surface area contributed by atoms with Crippen molar-refractivity contribution in [1.29, 1.82) is 0 Å². The molecule has 0 spiro atoms. The Morgan fingerprint density at radius 3 is 2.63 bits per heavy atom. The number of benzene rings is 2. The van der Waals surface area contributed by atoms with Crippen LogP contribution in [0.25, 0.3) is 5.69 Å². The molecule has 0 amide bonds. The van der Waals surface area contributed by atoms with Crippen LogP contribution in [0.5, 0.6) is 11.5 Å². The number of ether oxygens (including phenoxy) is 2. The maximum atomic E-state index is 5.50. The van der Waals surface area contributed by atoms with E-state index in [1.807, 2.05) is 54.3 Å². The zero-order valence-corrected chi connectivity index (χ0v) is 20.0. The van der Waals surface area contributed by atoms with Gasteiger partial charge in [-0.05, 0) is 35.9 Å². The minimum Gasteiger partial charge on any atom is -0.497 e. The molecular formula is C22H28IN5O2. The molecule has 0 bridgehead atoms. The highest BCUT2D eigenvalue weighted by molar-refractivity contribution is 14.0. The topological polar surface area (TPSA) is 63.9 Å². The largest absolute Gasteiger partial charge is 0.497 e. The molecule has 8 heteroatoms. The Morgan fingerprint density at radius 1 is 1.13 bits per heavy atom. The van der Waals surface area contributed by atoms with Gasteiger partial charge in [0.2, 0.25) is 0 Å². The molecule has 0 aliphatic carbocycles. The van der Waals surface area contributed by atoms with Crippen LogP contribution in [0.15, 0.2) is 65.9 Å². The van der Waals surface area contributed by atoms with Crippen molar-refractivity contribution in [1.82, 2.24) is 20.0 Å². The second-order valence-corrected chi connectivity index (χ2v) is 6.56. The molecule has 7 nitrogen and oxygen atoms in total. The summed E-state index contributed by atoms with van der Waals surface area (Å²) in [6.07, 6.45) is 3.71. The van der Waals surface area contributed by atoms with E-state index >= 15 is 0 Å². The molecule has 0 radical (unpaired) electrons. The first kappa shape index (κ1) is 23.5. The summed E-state index contributed by atoms with van der Waals surface area (Å²) in [5, 5.41) is 7.71. The van der Waals surface area contributed by atoms with Gasteiger partial charge in [-0.15, -0.1) is 24.0 Å². The van der Waals surface area contributed by atoms with Crippen molar-refractivity contribution in [3.63, 3.8) is 0 Å². The first-order valence-electron chi connectivity index (χ1n) is 9.36. The molecule has 30 heavy (non-hydrogen) atoms. The van der Waals surface area contributed by atoms with Gasteiger partial charge < -0.3 is 19.7 Å². The van der Waals surface area contributed by atoms with Crippen LogP contribution < -0.4 is 14.8 Å². The number of nitrogens with one attached hydrogen (secondary N) is 1. The van der Waals surface area contributed by atoms with Gasteiger partial charge in [0.05, 0.1) is 19.9 Å². The first-order chi connectivity index (χ1) is 14.1. The molecule has 1 heterocycles. The summed E-state index contributed by atoms with van der Waals surface area (Å²) in [7, 11) is 7.09. The van der Waals surface area contributed by atoms with Gasteiger partial charge in [0.15, 0.2) is 5.96 Å². The fraction of sp³-hybridized carbons (Fsp3) is 0.273. The zero-order valence-electron chi connectivity index (χ0n) is 17.7. The van der Waals surface area contributed by atoms with E-state index < -0.39 is 0 Å². The fourth-order valence-corrected chi connectivity index (χ4v) is 3.11. The van der Waals surface area contributed by atoms with Crippen LogP contribution in [0.3, 0.4) is 0 Å². The minimum atomic E-state index is 0. The monoisotopic (exact) mass is 521 g/mol. The summed E-state index contributed by atoms with van der Waals surface area (Å²) in [4.78, 5) is 6.47. The maximum Gasteiger partial charge on any atom is 0.193 e. The van der Waals surface area contributed by atoms with Crippen LogP contribution in [0, 0.1) is 0 Å². The third-order valence-corrected chi connectivity index (χ3v) is 4.61. The summed E-state index contributed by atoms with van der Waals surface area (Å²) >= 11 is 0. The fourth-order valence-electron chi connectivity index (χ4n) is 3.11. The van der Waals surface area contributed by atoms with Crippen molar-refractivity contribution in [3.05, 3.63) is 72.1 Å². The summed E-state index contributed by atoms with van der Waals surface area (Å²) in [5.74, 6) is 2.36. The SMILES string of the molecule is CN=C(NCc1cccc(-n2cccn2)c1)N(C)Cc1ccc(OC)cc1OC.I. The highest BCUT2D eigenvalue weighted by atomic mass is 127. The number of halogens is 1. The molecule has 0 atom stereocenters. The van der Waals surface area contributed by atoms with Crippen LogP contribution in [-0.2, 0) is 13.1 Å². The standard InChI is InChI=1S/C22H27N5O2.HI/c1-23-22(26(2)16-18-9-10-20(28-3)14-21(18)29-4)24-15-17-7-5-8-19(13-17)27-12-6-11-25-27;/h5-14H,15-16H2,1-4H3,(H,23,24);1H. The molecule has 0 aliphatic rings. The van der Waals surface area contributed by atoms with E-state index in [-0.39, 0.29) is 24.0 Å². The zero-order chi connectivity index (χ0) is 20.6. The second kappa shape index (κ2) is 11.4. The molecule has 3 rings (SSSR count). The number of rotatable bonds is 7. The van der Waals surface area contributed by atoms with Crippen molar-refractivity contribution in [2.45, 2.75) is 13.1 Å². The van der Waals surface area contributed by atoms with E-state index in [0.29, 0.717) is 13.1 Å². The Bertz CT molecular complexity index is 960. The molecule has 1 N–H and O–H groups in total.